The van der Waals surface area contributed by atoms with Crippen LogP contribution in [0.1, 0.15) is 17.5 Å². The maximum Gasteiger partial charge on any atom is 0.220 e. The molecule has 6 nitrogen and oxygen atoms in total. The predicted octanol–water partition coefficient (Wildman–Crippen LogP) is 3.14. The van der Waals surface area contributed by atoms with Gasteiger partial charge in [0.25, 0.3) is 0 Å². The Kier molecular flexibility index (Phi) is 6.10. The van der Waals surface area contributed by atoms with Gasteiger partial charge in [0.15, 0.2) is 11.5 Å². The van der Waals surface area contributed by atoms with Crippen LogP contribution in [-0.2, 0) is 17.8 Å². The minimum atomic E-state index is 0.00483. The average Bonchev–Trinajstić information content (AvgIpc) is 3.25. The number of aryl methyl sites for hydroxylation is 1. The second-order valence-electron chi connectivity index (χ2n) is 6.06. The highest BCUT2D eigenvalue weighted by atomic mass is 16.5. The van der Waals surface area contributed by atoms with Crippen molar-refractivity contribution in [3.05, 3.63) is 72.3 Å². The largest absolute Gasteiger partial charge is 0.493 e. The number of nitrogens with zero attached hydrogens (tertiary/aromatic N) is 2. The Balaban J connectivity index is 1.57. The van der Waals surface area contributed by atoms with Gasteiger partial charge in [0.1, 0.15) is 0 Å². The summed E-state index contributed by atoms with van der Waals surface area (Å²) in [5.74, 6) is 1.36. The molecule has 0 aliphatic heterocycles. The molecule has 0 fully saturated rings. The van der Waals surface area contributed by atoms with Gasteiger partial charge in [-0.1, -0.05) is 24.3 Å². The van der Waals surface area contributed by atoms with Crippen LogP contribution in [0.5, 0.6) is 11.5 Å². The number of carbonyl (C=O) groups is 1. The van der Waals surface area contributed by atoms with Gasteiger partial charge in [0.2, 0.25) is 5.91 Å². The third-order valence-corrected chi connectivity index (χ3v) is 4.34. The number of amides is 1. The summed E-state index contributed by atoms with van der Waals surface area (Å²) in [4.78, 5) is 16.4. The van der Waals surface area contributed by atoms with E-state index in [1.807, 2.05) is 53.2 Å². The average molecular weight is 365 g/mol. The topological polar surface area (TPSA) is 65.4 Å². The number of hydrogen-bond acceptors (Lipinski definition) is 4. The first-order chi connectivity index (χ1) is 13.2. The first-order valence-electron chi connectivity index (χ1n) is 8.75. The number of rotatable bonds is 8. The number of hydrogen-bond donors (Lipinski definition) is 1. The minimum absolute atomic E-state index is 0.00483. The third-order valence-electron chi connectivity index (χ3n) is 4.34. The lowest BCUT2D eigenvalue weighted by molar-refractivity contribution is -0.121. The number of nitrogens with one attached hydrogen (secondary N) is 1. The molecule has 0 saturated carbocycles. The van der Waals surface area contributed by atoms with Gasteiger partial charge < -0.3 is 19.4 Å². The van der Waals surface area contributed by atoms with Gasteiger partial charge in [-0.25, -0.2) is 4.98 Å². The van der Waals surface area contributed by atoms with Crippen molar-refractivity contribution in [3.63, 3.8) is 0 Å². The Hall–Kier alpha value is -3.28. The monoisotopic (exact) mass is 365 g/mol. The van der Waals surface area contributed by atoms with Crippen molar-refractivity contribution in [2.75, 3.05) is 14.2 Å². The SMILES string of the molecule is COc1ccc(CCC(=O)NCc2ccccc2-n2ccnc2)cc1OC. The van der Waals surface area contributed by atoms with Crippen molar-refractivity contribution in [2.24, 2.45) is 0 Å². The van der Waals surface area contributed by atoms with Crippen molar-refractivity contribution in [1.29, 1.82) is 0 Å². The summed E-state index contributed by atoms with van der Waals surface area (Å²) in [5.41, 5.74) is 3.08. The fraction of sp³-hybridized carbons (Fsp3) is 0.238. The summed E-state index contributed by atoms with van der Waals surface area (Å²) in [6.07, 6.45) is 6.41. The predicted molar refractivity (Wildman–Crippen MR) is 103 cm³/mol. The molecule has 0 spiro atoms. The van der Waals surface area contributed by atoms with E-state index in [1.165, 1.54) is 0 Å². The molecule has 0 aliphatic rings. The van der Waals surface area contributed by atoms with Crippen molar-refractivity contribution < 1.29 is 14.3 Å². The van der Waals surface area contributed by atoms with E-state index in [0.29, 0.717) is 30.9 Å². The fourth-order valence-electron chi connectivity index (χ4n) is 2.89. The van der Waals surface area contributed by atoms with Crippen LogP contribution >= 0.6 is 0 Å². The second kappa shape index (κ2) is 8.89. The van der Waals surface area contributed by atoms with Crippen LogP contribution < -0.4 is 14.8 Å². The number of benzene rings is 2. The Morgan fingerprint density at radius 2 is 1.93 bits per heavy atom. The number of carbonyl (C=O) groups excluding carboxylic acids is 1. The first kappa shape index (κ1) is 18.5. The van der Waals surface area contributed by atoms with Crippen molar-refractivity contribution >= 4 is 5.91 Å². The highest BCUT2D eigenvalue weighted by molar-refractivity contribution is 5.76. The molecular weight excluding hydrogens is 342 g/mol. The Labute approximate surface area is 158 Å². The zero-order valence-corrected chi connectivity index (χ0v) is 15.5. The van der Waals surface area contributed by atoms with Crippen LogP contribution in [0.3, 0.4) is 0 Å². The van der Waals surface area contributed by atoms with E-state index >= 15 is 0 Å². The van der Waals surface area contributed by atoms with Crippen LogP contribution in [0.2, 0.25) is 0 Å². The molecule has 6 heteroatoms. The van der Waals surface area contributed by atoms with Gasteiger partial charge in [-0.05, 0) is 35.7 Å². The molecule has 0 unspecified atom stereocenters. The summed E-state index contributed by atoms with van der Waals surface area (Å²) in [7, 11) is 3.21. The molecule has 2 aromatic carbocycles. The molecule has 0 radical (unpaired) electrons. The van der Waals surface area contributed by atoms with E-state index in [0.717, 1.165) is 16.8 Å². The zero-order valence-electron chi connectivity index (χ0n) is 15.5. The highest BCUT2D eigenvalue weighted by Gasteiger charge is 2.08. The molecule has 3 aromatic rings. The third kappa shape index (κ3) is 4.67. The highest BCUT2D eigenvalue weighted by Crippen LogP contribution is 2.27. The fourth-order valence-corrected chi connectivity index (χ4v) is 2.89. The number of methoxy groups -OCH3 is 2. The Morgan fingerprint density at radius 1 is 1.11 bits per heavy atom. The van der Waals surface area contributed by atoms with Crippen LogP contribution in [0.4, 0.5) is 0 Å². The van der Waals surface area contributed by atoms with Crippen LogP contribution in [0.15, 0.2) is 61.2 Å². The van der Waals surface area contributed by atoms with E-state index in [-0.39, 0.29) is 5.91 Å². The van der Waals surface area contributed by atoms with Crippen molar-refractivity contribution in [3.8, 4) is 17.2 Å². The van der Waals surface area contributed by atoms with Gasteiger partial charge in [0.05, 0.1) is 26.2 Å². The van der Waals surface area contributed by atoms with Gasteiger partial charge >= 0.3 is 0 Å². The summed E-state index contributed by atoms with van der Waals surface area (Å²) in [5, 5.41) is 2.99. The van der Waals surface area contributed by atoms with Gasteiger partial charge in [-0.15, -0.1) is 0 Å². The summed E-state index contributed by atoms with van der Waals surface area (Å²) in [6, 6.07) is 13.6. The lowest BCUT2D eigenvalue weighted by atomic mass is 10.1. The zero-order chi connectivity index (χ0) is 19.1. The lowest BCUT2D eigenvalue weighted by Crippen LogP contribution is -2.23. The first-order valence-corrected chi connectivity index (χ1v) is 8.75. The Morgan fingerprint density at radius 3 is 2.67 bits per heavy atom. The molecule has 3 rings (SSSR count). The second-order valence-corrected chi connectivity index (χ2v) is 6.06. The molecule has 0 saturated heterocycles. The number of ether oxygens (including phenoxy) is 2. The van der Waals surface area contributed by atoms with Gasteiger partial charge in [-0.2, -0.15) is 0 Å². The standard InChI is InChI=1S/C21H23N3O3/c1-26-19-9-7-16(13-20(19)27-2)8-10-21(25)23-14-17-5-3-4-6-18(17)24-12-11-22-15-24/h3-7,9,11-13,15H,8,10,14H2,1-2H3,(H,23,25). The van der Waals surface area contributed by atoms with Crippen molar-refractivity contribution in [2.45, 2.75) is 19.4 Å². The maximum absolute atomic E-state index is 12.3. The molecule has 0 atom stereocenters. The quantitative estimate of drug-likeness (QED) is 0.666. The lowest BCUT2D eigenvalue weighted by Gasteiger charge is -2.12. The molecule has 1 N–H and O–H groups in total. The molecule has 27 heavy (non-hydrogen) atoms. The maximum atomic E-state index is 12.3. The number of aromatic nitrogens is 2. The van der Waals surface area contributed by atoms with E-state index < -0.39 is 0 Å². The van der Waals surface area contributed by atoms with E-state index in [4.69, 9.17) is 9.47 Å². The minimum Gasteiger partial charge on any atom is -0.493 e. The molecule has 0 bridgehead atoms. The molecule has 1 amide bonds. The van der Waals surface area contributed by atoms with Gasteiger partial charge in [-0.3, -0.25) is 4.79 Å². The number of imidazole rings is 1. The summed E-state index contributed by atoms with van der Waals surface area (Å²) >= 11 is 0. The van der Waals surface area contributed by atoms with E-state index in [9.17, 15) is 4.79 Å². The molecule has 1 aromatic heterocycles. The molecular formula is C21H23N3O3. The summed E-state index contributed by atoms with van der Waals surface area (Å²) in [6.45, 7) is 0.471. The summed E-state index contributed by atoms with van der Waals surface area (Å²) < 4.78 is 12.5. The van der Waals surface area contributed by atoms with Crippen molar-refractivity contribution in [1.82, 2.24) is 14.9 Å². The van der Waals surface area contributed by atoms with Crippen LogP contribution in [-0.4, -0.2) is 29.7 Å². The Bertz CT molecular complexity index is 891. The molecule has 0 aliphatic carbocycles. The molecule has 1 heterocycles. The van der Waals surface area contributed by atoms with Gasteiger partial charge in [0, 0.05) is 25.4 Å². The van der Waals surface area contributed by atoms with E-state index in [1.54, 1.807) is 26.7 Å². The molecule has 140 valence electrons. The van der Waals surface area contributed by atoms with Crippen LogP contribution in [0, 0.1) is 0 Å². The number of para-hydroxylation sites is 1. The normalized spacial score (nSPS) is 10.4. The van der Waals surface area contributed by atoms with Crippen LogP contribution in [0.25, 0.3) is 5.69 Å². The van der Waals surface area contributed by atoms with E-state index in [2.05, 4.69) is 10.3 Å². The smallest absolute Gasteiger partial charge is 0.220 e.